The van der Waals surface area contributed by atoms with Gasteiger partial charge in [0.25, 0.3) is 0 Å². The van der Waals surface area contributed by atoms with E-state index in [2.05, 4.69) is 54.6 Å². The molecule has 4 aromatic carbocycles. The molecule has 27 heavy (non-hydrogen) atoms. The third-order valence-electron chi connectivity index (χ3n) is 5.47. The molecule has 3 nitrogen and oxygen atoms in total. The summed E-state index contributed by atoms with van der Waals surface area (Å²) < 4.78 is 11.7. The molecule has 6 rings (SSSR count). The third-order valence-corrected chi connectivity index (χ3v) is 5.47. The first-order chi connectivity index (χ1) is 13.2. The van der Waals surface area contributed by atoms with Crippen molar-refractivity contribution >= 4 is 60.1 Å². The van der Waals surface area contributed by atoms with Crippen molar-refractivity contribution in [2.75, 3.05) is 19.0 Å². The van der Waals surface area contributed by atoms with E-state index in [4.69, 9.17) is 8.83 Å². The van der Waals surface area contributed by atoms with Crippen LogP contribution in [-0.4, -0.2) is 14.1 Å². The van der Waals surface area contributed by atoms with E-state index in [0.29, 0.717) is 0 Å². The van der Waals surface area contributed by atoms with Gasteiger partial charge in [-0.25, -0.2) is 0 Å². The predicted octanol–water partition coefficient (Wildman–Crippen LogP) is 6.70. The second-order valence-corrected chi connectivity index (χ2v) is 7.35. The zero-order chi connectivity index (χ0) is 18.1. The Hall–Kier alpha value is -3.46. The minimum Gasteiger partial charge on any atom is -0.464 e. The van der Waals surface area contributed by atoms with Crippen LogP contribution in [0.2, 0.25) is 0 Å². The summed E-state index contributed by atoms with van der Waals surface area (Å²) in [7, 11) is 3.99. The van der Waals surface area contributed by atoms with Gasteiger partial charge in [-0.3, -0.25) is 0 Å². The van der Waals surface area contributed by atoms with Crippen LogP contribution < -0.4 is 4.90 Å². The SMILES string of the molecule is CN(C)c1cc2cc3ccc4c5cc6occc6cc5ccc4c3cc2o1. The van der Waals surface area contributed by atoms with Crippen molar-refractivity contribution in [3.8, 4) is 0 Å². The van der Waals surface area contributed by atoms with Crippen LogP contribution in [0.25, 0.3) is 54.3 Å². The van der Waals surface area contributed by atoms with E-state index in [1.807, 2.05) is 25.1 Å². The molecule has 0 unspecified atom stereocenters. The number of hydrogen-bond acceptors (Lipinski definition) is 3. The lowest BCUT2D eigenvalue weighted by Crippen LogP contribution is -2.06. The van der Waals surface area contributed by atoms with Gasteiger partial charge < -0.3 is 13.7 Å². The zero-order valence-corrected chi connectivity index (χ0v) is 15.1. The molecule has 2 heterocycles. The van der Waals surface area contributed by atoms with Gasteiger partial charge in [-0.2, -0.15) is 0 Å². The Labute approximate surface area is 155 Å². The van der Waals surface area contributed by atoms with Gasteiger partial charge in [0, 0.05) is 30.9 Å². The molecule has 0 amide bonds. The Kier molecular flexibility index (Phi) is 2.74. The Morgan fingerprint density at radius 1 is 0.593 bits per heavy atom. The molecule has 0 aliphatic rings. The Morgan fingerprint density at radius 3 is 1.96 bits per heavy atom. The Morgan fingerprint density at radius 2 is 1.26 bits per heavy atom. The fourth-order valence-electron chi connectivity index (χ4n) is 4.08. The molecule has 0 saturated carbocycles. The number of hydrogen-bond donors (Lipinski definition) is 0. The maximum Gasteiger partial charge on any atom is 0.196 e. The molecule has 0 aliphatic carbocycles. The first kappa shape index (κ1) is 14.7. The quantitative estimate of drug-likeness (QED) is 0.309. The van der Waals surface area contributed by atoms with Gasteiger partial charge in [0.2, 0.25) is 0 Å². The van der Waals surface area contributed by atoms with Crippen LogP contribution >= 0.6 is 0 Å². The van der Waals surface area contributed by atoms with Crippen LogP contribution in [0.1, 0.15) is 0 Å². The van der Waals surface area contributed by atoms with Gasteiger partial charge in [0.05, 0.1) is 6.26 Å². The van der Waals surface area contributed by atoms with Crippen molar-refractivity contribution in [2.45, 2.75) is 0 Å². The van der Waals surface area contributed by atoms with Crippen molar-refractivity contribution in [3.05, 3.63) is 66.9 Å². The second kappa shape index (κ2) is 5.04. The minimum atomic E-state index is 0.871. The van der Waals surface area contributed by atoms with Crippen molar-refractivity contribution < 1.29 is 8.83 Å². The lowest BCUT2D eigenvalue weighted by Gasteiger charge is -2.08. The zero-order valence-electron chi connectivity index (χ0n) is 15.1. The average molecular weight is 351 g/mol. The van der Waals surface area contributed by atoms with E-state index in [-0.39, 0.29) is 0 Å². The van der Waals surface area contributed by atoms with E-state index >= 15 is 0 Å². The molecule has 130 valence electrons. The van der Waals surface area contributed by atoms with Crippen LogP contribution in [-0.2, 0) is 0 Å². The summed E-state index contributed by atoms with van der Waals surface area (Å²) in [5, 5.41) is 9.60. The standard InChI is InChI=1S/C24H17NO2/c1-25(2)24-11-17-10-15-4-6-18-19(21(15)13-23(17)27-24)5-3-14-9-16-7-8-26-22(16)12-20(14)18/h3-13H,1-2H3. The van der Waals surface area contributed by atoms with E-state index < -0.39 is 0 Å². The highest BCUT2D eigenvalue weighted by Crippen LogP contribution is 2.36. The molecule has 0 saturated heterocycles. The molecule has 0 spiro atoms. The molecular weight excluding hydrogens is 334 g/mol. The maximum absolute atomic E-state index is 6.03. The lowest BCUT2D eigenvalue weighted by atomic mass is 9.96. The summed E-state index contributed by atoms with van der Waals surface area (Å²) in [6.45, 7) is 0. The molecule has 0 radical (unpaired) electrons. The van der Waals surface area contributed by atoms with E-state index in [1.165, 1.54) is 32.3 Å². The van der Waals surface area contributed by atoms with Crippen LogP contribution in [0.3, 0.4) is 0 Å². The molecule has 2 aromatic heterocycles. The average Bonchev–Trinajstić information content (AvgIpc) is 3.29. The van der Waals surface area contributed by atoms with Crippen LogP contribution in [0.4, 0.5) is 5.88 Å². The second-order valence-electron chi connectivity index (χ2n) is 7.35. The highest BCUT2D eigenvalue weighted by atomic mass is 16.4. The number of anilines is 1. The summed E-state index contributed by atoms with van der Waals surface area (Å²) in [6, 6.07) is 21.6. The van der Waals surface area contributed by atoms with Gasteiger partial charge in [-0.15, -0.1) is 0 Å². The van der Waals surface area contributed by atoms with Gasteiger partial charge in [0.15, 0.2) is 5.88 Å². The summed E-state index contributed by atoms with van der Waals surface area (Å²) >= 11 is 0. The predicted molar refractivity (Wildman–Crippen MR) is 113 cm³/mol. The lowest BCUT2D eigenvalue weighted by molar-refractivity contribution is 0.610. The van der Waals surface area contributed by atoms with Crippen molar-refractivity contribution in [2.24, 2.45) is 0 Å². The monoisotopic (exact) mass is 351 g/mol. The fourth-order valence-corrected chi connectivity index (χ4v) is 4.08. The summed E-state index contributed by atoms with van der Waals surface area (Å²) in [4.78, 5) is 1.99. The molecule has 6 aromatic rings. The maximum atomic E-state index is 6.03. The highest BCUT2D eigenvalue weighted by Gasteiger charge is 2.11. The Balaban J connectivity index is 1.73. The molecule has 0 bridgehead atoms. The van der Waals surface area contributed by atoms with Gasteiger partial charge in [-0.05, 0) is 62.6 Å². The van der Waals surface area contributed by atoms with Gasteiger partial charge >= 0.3 is 0 Å². The van der Waals surface area contributed by atoms with Gasteiger partial charge in [0.1, 0.15) is 11.2 Å². The molecule has 3 heteroatoms. The summed E-state index contributed by atoms with van der Waals surface area (Å²) in [5.41, 5.74) is 1.84. The smallest absolute Gasteiger partial charge is 0.196 e. The summed E-state index contributed by atoms with van der Waals surface area (Å²) in [6.07, 6.45) is 1.75. The van der Waals surface area contributed by atoms with Crippen molar-refractivity contribution in [1.82, 2.24) is 0 Å². The van der Waals surface area contributed by atoms with E-state index in [9.17, 15) is 0 Å². The topological polar surface area (TPSA) is 29.5 Å². The molecule has 0 atom stereocenters. The number of nitrogens with zero attached hydrogens (tertiary/aromatic N) is 1. The molecule has 0 fully saturated rings. The van der Waals surface area contributed by atoms with E-state index in [0.717, 1.165) is 27.8 Å². The number of benzene rings is 4. The van der Waals surface area contributed by atoms with E-state index in [1.54, 1.807) is 6.26 Å². The number of rotatable bonds is 1. The number of furan rings is 2. The fraction of sp³-hybridized carbons (Fsp3) is 0.0833. The van der Waals surface area contributed by atoms with Crippen LogP contribution in [0, 0.1) is 0 Å². The van der Waals surface area contributed by atoms with Gasteiger partial charge in [-0.1, -0.05) is 24.3 Å². The summed E-state index contributed by atoms with van der Waals surface area (Å²) in [5.74, 6) is 0.871. The molecular formula is C24H17NO2. The third kappa shape index (κ3) is 2.02. The first-order valence-corrected chi connectivity index (χ1v) is 9.05. The van der Waals surface area contributed by atoms with Crippen molar-refractivity contribution in [3.63, 3.8) is 0 Å². The minimum absolute atomic E-state index is 0.871. The first-order valence-electron chi connectivity index (χ1n) is 9.05. The normalized spacial score (nSPS) is 12.1. The van der Waals surface area contributed by atoms with Crippen molar-refractivity contribution in [1.29, 1.82) is 0 Å². The Bertz CT molecular complexity index is 1500. The number of fused-ring (bicyclic) bond motifs is 7. The van der Waals surface area contributed by atoms with Crippen LogP contribution in [0.5, 0.6) is 0 Å². The highest BCUT2D eigenvalue weighted by molar-refractivity contribution is 6.20. The molecule has 0 aliphatic heterocycles. The molecule has 0 N–H and O–H groups in total. The van der Waals surface area contributed by atoms with Crippen LogP contribution in [0.15, 0.2) is 75.8 Å². The largest absolute Gasteiger partial charge is 0.464 e.